The van der Waals surface area contributed by atoms with Crippen LogP contribution in [0.1, 0.15) is 15.9 Å². The summed E-state index contributed by atoms with van der Waals surface area (Å²) in [4.78, 5) is 12.4. The summed E-state index contributed by atoms with van der Waals surface area (Å²) in [6, 6.07) is 10.9. The van der Waals surface area contributed by atoms with Gasteiger partial charge in [0, 0.05) is 4.47 Å². The SMILES string of the molecule is COc1cccc(C(=O)Nc2ccc(C)cc2Br)c1OC. The van der Waals surface area contributed by atoms with Gasteiger partial charge in [0.15, 0.2) is 11.5 Å². The second-order valence-corrected chi connectivity index (χ2v) is 5.33. The van der Waals surface area contributed by atoms with Crippen LogP contribution in [0.15, 0.2) is 40.9 Å². The van der Waals surface area contributed by atoms with Crippen molar-refractivity contribution in [1.29, 1.82) is 0 Å². The molecule has 0 unspecified atom stereocenters. The number of benzene rings is 2. The molecule has 0 spiro atoms. The van der Waals surface area contributed by atoms with E-state index in [1.165, 1.54) is 14.2 Å². The fourth-order valence-corrected chi connectivity index (χ4v) is 2.57. The quantitative estimate of drug-likeness (QED) is 0.906. The van der Waals surface area contributed by atoms with Crippen molar-refractivity contribution < 1.29 is 14.3 Å². The average molecular weight is 350 g/mol. The number of ether oxygens (including phenoxy) is 2. The number of rotatable bonds is 4. The molecule has 0 saturated carbocycles. The van der Waals surface area contributed by atoms with E-state index in [2.05, 4.69) is 21.2 Å². The van der Waals surface area contributed by atoms with Crippen molar-refractivity contribution in [3.05, 3.63) is 52.0 Å². The number of carbonyl (C=O) groups is 1. The standard InChI is InChI=1S/C16H16BrNO3/c1-10-7-8-13(12(17)9-10)18-16(19)11-5-4-6-14(20-2)15(11)21-3/h4-9H,1-3H3,(H,18,19). The molecule has 0 heterocycles. The number of hydrogen-bond acceptors (Lipinski definition) is 3. The van der Waals surface area contributed by atoms with E-state index in [9.17, 15) is 4.79 Å². The van der Waals surface area contributed by atoms with Crippen LogP contribution in [0.25, 0.3) is 0 Å². The first-order valence-electron chi connectivity index (χ1n) is 6.35. The summed E-state index contributed by atoms with van der Waals surface area (Å²) in [7, 11) is 3.05. The van der Waals surface area contributed by atoms with Gasteiger partial charge in [-0.2, -0.15) is 0 Å². The summed E-state index contributed by atoms with van der Waals surface area (Å²) in [5.74, 6) is 0.684. The third kappa shape index (κ3) is 3.36. The number of para-hydroxylation sites is 1. The molecule has 0 saturated heterocycles. The summed E-state index contributed by atoms with van der Waals surface area (Å²) >= 11 is 3.44. The zero-order valence-corrected chi connectivity index (χ0v) is 13.7. The van der Waals surface area contributed by atoms with E-state index in [1.54, 1.807) is 18.2 Å². The van der Waals surface area contributed by atoms with Gasteiger partial charge >= 0.3 is 0 Å². The molecule has 2 aromatic carbocycles. The fraction of sp³-hybridized carbons (Fsp3) is 0.188. The summed E-state index contributed by atoms with van der Waals surface area (Å²) in [5.41, 5.74) is 2.23. The number of methoxy groups -OCH3 is 2. The summed E-state index contributed by atoms with van der Waals surface area (Å²) in [6.45, 7) is 1.99. The van der Waals surface area contributed by atoms with Gasteiger partial charge in [-0.1, -0.05) is 12.1 Å². The Bertz CT molecular complexity index is 671. The monoisotopic (exact) mass is 349 g/mol. The van der Waals surface area contributed by atoms with E-state index in [1.807, 2.05) is 25.1 Å². The lowest BCUT2D eigenvalue weighted by Crippen LogP contribution is -2.14. The summed E-state index contributed by atoms with van der Waals surface area (Å²) in [5, 5.41) is 2.86. The van der Waals surface area contributed by atoms with Crippen molar-refractivity contribution >= 4 is 27.5 Å². The molecule has 0 fully saturated rings. The first kappa shape index (κ1) is 15.4. The highest BCUT2D eigenvalue weighted by molar-refractivity contribution is 9.10. The molecule has 21 heavy (non-hydrogen) atoms. The van der Waals surface area contributed by atoms with Gasteiger partial charge in [-0.15, -0.1) is 0 Å². The molecule has 4 nitrogen and oxygen atoms in total. The molecule has 1 N–H and O–H groups in total. The Morgan fingerprint density at radius 3 is 2.52 bits per heavy atom. The number of halogens is 1. The highest BCUT2D eigenvalue weighted by atomic mass is 79.9. The largest absolute Gasteiger partial charge is 0.493 e. The van der Waals surface area contributed by atoms with Gasteiger partial charge in [-0.05, 0) is 52.7 Å². The van der Waals surface area contributed by atoms with Gasteiger partial charge in [0.1, 0.15) is 0 Å². The zero-order chi connectivity index (χ0) is 15.4. The van der Waals surface area contributed by atoms with E-state index >= 15 is 0 Å². The van der Waals surface area contributed by atoms with Gasteiger partial charge in [0.25, 0.3) is 5.91 Å². The molecule has 0 aliphatic rings. The predicted octanol–water partition coefficient (Wildman–Crippen LogP) is 4.03. The van der Waals surface area contributed by atoms with Gasteiger partial charge < -0.3 is 14.8 Å². The summed E-state index contributed by atoms with van der Waals surface area (Å²) in [6.07, 6.45) is 0. The Labute approximate surface area is 132 Å². The molecule has 0 bridgehead atoms. The Hall–Kier alpha value is -2.01. The average Bonchev–Trinajstić information content (AvgIpc) is 2.49. The van der Waals surface area contributed by atoms with E-state index in [0.29, 0.717) is 22.7 Å². The Kier molecular flexibility index (Phi) is 4.85. The van der Waals surface area contributed by atoms with E-state index in [4.69, 9.17) is 9.47 Å². The highest BCUT2D eigenvalue weighted by Gasteiger charge is 2.17. The highest BCUT2D eigenvalue weighted by Crippen LogP contribution is 2.32. The second-order valence-electron chi connectivity index (χ2n) is 4.48. The van der Waals surface area contributed by atoms with Crippen LogP contribution in [0, 0.1) is 6.92 Å². The van der Waals surface area contributed by atoms with Crippen molar-refractivity contribution in [2.45, 2.75) is 6.92 Å². The molecule has 5 heteroatoms. The van der Waals surface area contributed by atoms with E-state index in [-0.39, 0.29) is 5.91 Å². The van der Waals surface area contributed by atoms with Gasteiger partial charge in [-0.25, -0.2) is 0 Å². The van der Waals surface area contributed by atoms with Crippen LogP contribution in [0.2, 0.25) is 0 Å². The van der Waals surface area contributed by atoms with E-state index < -0.39 is 0 Å². The Morgan fingerprint density at radius 1 is 1.14 bits per heavy atom. The molecular weight excluding hydrogens is 334 g/mol. The van der Waals surface area contributed by atoms with Gasteiger partial charge in [0.05, 0.1) is 25.5 Å². The minimum atomic E-state index is -0.254. The molecular formula is C16H16BrNO3. The third-order valence-electron chi connectivity index (χ3n) is 3.02. The van der Waals surface area contributed by atoms with Crippen LogP contribution in [-0.4, -0.2) is 20.1 Å². The molecule has 2 aromatic rings. The van der Waals surface area contributed by atoms with Crippen molar-refractivity contribution in [2.75, 3.05) is 19.5 Å². The number of carbonyl (C=O) groups excluding carboxylic acids is 1. The second kappa shape index (κ2) is 6.63. The van der Waals surface area contributed by atoms with E-state index in [0.717, 1.165) is 10.0 Å². The smallest absolute Gasteiger partial charge is 0.259 e. The summed E-state index contributed by atoms with van der Waals surface area (Å²) < 4.78 is 11.3. The normalized spacial score (nSPS) is 10.1. The lowest BCUT2D eigenvalue weighted by atomic mass is 10.1. The Morgan fingerprint density at radius 2 is 1.90 bits per heavy atom. The lowest BCUT2D eigenvalue weighted by molar-refractivity contribution is 0.102. The first-order chi connectivity index (χ1) is 10.1. The number of amides is 1. The number of aryl methyl sites for hydroxylation is 1. The van der Waals surface area contributed by atoms with Crippen LogP contribution in [0.5, 0.6) is 11.5 Å². The minimum absolute atomic E-state index is 0.254. The van der Waals surface area contributed by atoms with Gasteiger partial charge in [-0.3, -0.25) is 4.79 Å². The molecule has 0 radical (unpaired) electrons. The van der Waals surface area contributed by atoms with Crippen molar-refractivity contribution in [3.63, 3.8) is 0 Å². The van der Waals surface area contributed by atoms with Crippen LogP contribution in [0.4, 0.5) is 5.69 Å². The maximum Gasteiger partial charge on any atom is 0.259 e. The molecule has 110 valence electrons. The topological polar surface area (TPSA) is 47.6 Å². The number of anilines is 1. The molecule has 2 rings (SSSR count). The molecule has 1 amide bonds. The van der Waals surface area contributed by atoms with Crippen LogP contribution < -0.4 is 14.8 Å². The van der Waals surface area contributed by atoms with Crippen LogP contribution in [-0.2, 0) is 0 Å². The lowest BCUT2D eigenvalue weighted by Gasteiger charge is -2.13. The molecule has 0 aromatic heterocycles. The van der Waals surface area contributed by atoms with Crippen LogP contribution in [0.3, 0.4) is 0 Å². The predicted molar refractivity (Wildman–Crippen MR) is 86.4 cm³/mol. The molecule has 0 atom stereocenters. The number of nitrogens with one attached hydrogen (secondary N) is 1. The number of hydrogen-bond donors (Lipinski definition) is 1. The third-order valence-corrected chi connectivity index (χ3v) is 3.68. The minimum Gasteiger partial charge on any atom is -0.493 e. The van der Waals surface area contributed by atoms with Crippen molar-refractivity contribution in [1.82, 2.24) is 0 Å². The fourth-order valence-electron chi connectivity index (χ4n) is 1.98. The maximum atomic E-state index is 12.4. The van der Waals surface area contributed by atoms with Crippen LogP contribution >= 0.6 is 15.9 Å². The zero-order valence-electron chi connectivity index (χ0n) is 12.1. The van der Waals surface area contributed by atoms with Crippen molar-refractivity contribution in [2.24, 2.45) is 0 Å². The van der Waals surface area contributed by atoms with Crippen molar-refractivity contribution in [3.8, 4) is 11.5 Å². The first-order valence-corrected chi connectivity index (χ1v) is 7.14. The van der Waals surface area contributed by atoms with Gasteiger partial charge in [0.2, 0.25) is 0 Å². The molecule has 0 aliphatic heterocycles. The Balaban J connectivity index is 2.32. The maximum absolute atomic E-state index is 12.4. The molecule has 0 aliphatic carbocycles.